The van der Waals surface area contributed by atoms with E-state index in [0.29, 0.717) is 13.2 Å². The maximum atomic E-state index is 5.30. The Morgan fingerprint density at radius 1 is 1.36 bits per heavy atom. The molecule has 0 aliphatic heterocycles. The van der Waals surface area contributed by atoms with E-state index in [1.165, 1.54) is 4.90 Å². The van der Waals surface area contributed by atoms with Crippen LogP contribution in [0.2, 0.25) is 0 Å². The highest BCUT2D eigenvalue weighted by Crippen LogP contribution is 2.21. The monoisotopic (exact) mass is 275 g/mol. The van der Waals surface area contributed by atoms with Crippen LogP contribution in [0.1, 0.15) is 0 Å². The number of hydrogen-bond donors (Lipinski definition) is 1. The van der Waals surface area contributed by atoms with Crippen molar-refractivity contribution in [2.45, 2.75) is 4.90 Å². The number of ether oxygens (including phenoxy) is 1. The van der Waals surface area contributed by atoms with E-state index in [1.807, 2.05) is 12.1 Å². The van der Waals surface area contributed by atoms with Crippen LogP contribution in [0.3, 0.4) is 0 Å². The largest absolute Gasteiger partial charge is 0.379 e. The summed E-state index contributed by atoms with van der Waals surface area (Å²) in [5.41, 5.74) is 5.30. The second-order valence-corrected chi connectivity index (χ2v) is 4.79. The molecule has 0 aliphatic rings. The van der Waals surface area contributed by atoms with Crippen molar-refractivity contribution in [1.29, 1.82) is 0 Å². The zero-order chi connectivity index (χ0) is 10.2. The Morgan fingerprint density at radius 2 is 2.21 bits per heavy atom. The van der Waals surface area contributed by atoms with Crippen LogP contribution in [0.25, 0.3) is 0 Å². The maximum Gasteiger partial charge on any atom is 0.0589 e. The summed E-state index contributed by atoms with van der Waals surface area (Å²) in [5.74, 6) is 0.969. The summed E-state index contributed by atoms with van der Waals surface area (Å²) in [4.78, 5) is 1.26. The minimum absolute atomic E-state index is 0.599. The fourth-order valence-electron chi connectivity index (χ4n) is 0.961. The molecule has 0 fully saturated rings. The summed E-state index contributed by atoms with van der Waals surface area (Å²) >= 11 is 5.22. The van der Waals surface area contributed by atoms with Gasteiger partial charge in [0.25, 0.3) is 0 Å². The average Bonchev–Trinajstić information content (AvgIpc) is 2.18. The SMILES string of the molecule is NCCOCCSc1cccc(Br)c1. The molecule has 1 aromatic rings. The first-order valence-electron chi connectivity index (χ1n) is 4.49. The van der Waals surface area contributed by atoms with Crippen LogP contribution in [0.5, 0.6) is 0 Å². The van der Waals surface area contributed by atoms with Gasteiger partial charge in [-0.05, 0) is 18.2 Å². The minimum atomic E-state index is 0.599. The quantitative estimate of drug-likeness (QED) is 0.640. The number of nitrogens with two attached hydrogens (primary N) is 1. The molecule has 14 heavy (non-hydrogen) atoms. The molecule has 1 aromatic carbocycles. The van der Waals surface area contributed by atoms with Crippen LogP contribution >= 0.6 is 27.7 Å². The molecule has 0 amide bonds. The number of hydrogen-bond acceptors (Lipinski definition) is 3. The normalized spacial score (nSPS) is 10.4. The Morgan fingerprint density at radius 3 is 2.93 bits per heavy atom. The van der Waals surface area contributed by atoms with E-state index < -0.39 is 0 Å². The number of thioether (sulfide) groups is 1. The van der Waals surface area contributed by atoms with E-state index in [2.05, 4.69) is 28.1 Å². The first-order chi connectivity index (χ1) is 6.83. The van der Waals surface area contributed by atoms with E-state index in [4.69, 9.17) is 10.5 Å². The molecule has 78 valence electrons. The van der Waals surface area contributed by atoms with E-state index in [-0.39, 0.29) is 0 Å². The highest BCUT2D eigenvalue weighted by atomic mass is 79.9. The zero-order valence-electron chi connectivity index (χ0n) is 7.91. The highest BCUT2D eigenvalue weighted by Gasteiger charge is 1.94. The molecule has 0 aromatic heterocycles. The van der Waals surface area contributed by atoms with Crippen LogP contribution in [-0.2, 0) is 4.74 Å². The first-order valence-corrected chi connectivity index (χ1v) is 6.27. The first kappa shape index (κ1) is 12.0. The molecule has 2 nitrogen and oxygen atoms in total. The van der Waals surface area contributed by atoms with Crippen molar-refractivity contribution < 1.29 is 4.74 Å². The van der Waals surface area contributed by atoms with E-state index >= 15 is 0 Å². The van der Waals surface area contributed by atoms with Gasteiger partial charge >= 0.3 is 0 Å². The zero-order valence-corrected chi connectivity index (χ0v) is 10.3. The molecule has 0 aliphatic carbocycles. The predicted molar refractivity (Wildman–Crippen MR) is 64.7 cm³/mol. The van der Waals surface area contributed by atoms with Gasteiger partial charge in [-0.25, -0.2) is 0 Å². The average molecular weight is 276 g/mol. The summed E-state index contributed by atoms with van der Waals surface area (Å²) in [7, 11) is 0. The van der Waals surface area contributed by atoms with E-state index in [0.717, 1.165) is 16.8 Å². The third-order valence-electron chi connectivity index (χ3n) is 1.55. The summed E-state index contributed by atoms with van der Waals surface area (Å²) in [6.45, 7) is 2.01. The highest BCUT2D eigenvalue weighted by molar-refractivity contribution is 9.10. The van der Waals surface area contributed by atoms with Crippen LogP contribution in [-0.4, -0.2) is 25.5 Å². The molecule has 2 N–H and O–H groups in total. The number of benzene rings is 1. The second-order valence-electron chi connectivity index (χ2n) is 2.71. The summed E-state index contributed by atoms with van der Waals surface area (Å²) in [5, 5.41) is 0. The van der Waals surface area contributed by atoms with E-state index in [9.17, 15) is 0 Å². The molecule has 4 heteroatoms. The molecule has 0 saturated carbocycles. The predicted octanol–water partition coefficient (Wildman–Crippen LogP) is 2.52. The lowest BCUT2D eigenvalue weighted by Gasteiger charge is -2.03. The molecular weight excluding hydrogens is 262 g/mol. The topological polar surface area (TPSA) is 35.2 Å². The van der Waals surface area contributed by atoms with Crippen LogP contribution in [0.4, 0.5) is 0 Å². The van der Waals surface area contributed by atoms with Gasteiger partial charge < -0.3 is 10.5 Å². The Labute approximate surface area is 97.3 Å². The van der Waals surface area contributed by atoms with E-state index in [1.54, 1.807) is 11.8 Å². The van der Waals surface area contributed by atoms with Crippen LogP contribution in [0, 0.1) is 0 Å². The van der Waals surface area contributed by atoms with Gasteiger partial charge in [0.1, 0.15) is 0 Å². The summed E-state index contributed by atoms with van der Waals surface area (Å²) in [6, 6.07) is 8.26. The van der Waals surface area contributed by atoms with Crippen LogP contribution in [0.15, 0.2) is 33.6 Å². The van der Waals surface area contributed by atoms with Gasteiger partial charge in [0.2, 0.25) is 0 Å². The minimum Gasteiger partial charge on any atom is -0.379 e. The summed E-state index contributed by atoms with van der Waals surface area (Å²) in [6.07, 6.45) is 0. The molecule has 0 spiro atoms. The van der Waals surface area contributed by atoms with Gasteiger partial charge in [-0.1, -0.05) is 22.0 Å². The van der Waals surface area contributed by atoms with Crippen LogP contribution < -0.4 is 5.73 Å². The van der Waals surface area contributed by atoms with Crippen molar-refractivity contribution in [3.8, 4) is 0 Å². The number of halogens is 1. The van der Waals surface area contributed by atoms with Crippen molar-refractivity contribution in [2.24, 2.45) is 5.73 Å². The maximum absolute atomic E-state index is 5.30. The Bertz CT molecular complexity index is 270. The van der Waals surface area contributed by atoms with Gasteiger partial charge in [-0.3, -0.25) is 0 Å². The Kier molecular flexibility index (Phi) is 6.27. The van der Waals surface area contributed by atoms with Crippen molar-refractivity contribution in [3.63, 3.8) is 0 Å². The van der Waals surface area contributed by atoms with Gasteiger partial charge in [-0.2, -0.15) is 0 Å². The third kappa shape index (κ3) is 5.00. The van der Waals surface area contributed by atoms with Crippen molar-refractivity contribution in [3.05, 3.63) is 28.7 Å². The van der Waals surface area contributed by atoms with Gasteiger partial charge in [0.05, 0.1) is 13.2 Å². The fourth-order valence-corrected chi connectivity index (χ4v) is 2.33. The molecule has 0 bridgehead atoms. The Balaban J connectivity index is 2.18. The number of rotatable bonds is 6. The second kappa shape index (κ2) is 7.29. The molecule has 0 radical (unpaired) electrons. The van der Waals surface area contributed by atoms with Gasteiger partial charge in [-0.15, -0.1) is 11.8 Å². The fraction of sp³-hybridized carbons (Fsp3) is 0.400. The van der Waals surface area contributed by atoms with Gasteiger partial charge in [0, 0.05) is 21.7 Å². The standard InChI is InChI=1S/C10H14BrNOS/c11-9-2-1-3-10(8-9)14-7-6-13-5-4-12/h1-3,8H,4-7,12H2. The van der Waals surface area contributed by atoms with Crippen molar-refractivity contribution >= 4 is 27.7 Å². The Hall–Kier alpha value is -0.0300. The van der Waals surface area contributed by atoms with Gasteiger partial charge in [0.15, 0.2) is 0 Å². The van der Waals surface area contributed by atoms with Crippen molar-refractivity contribution in [2.75, 3.05) is 25.5 Å². The third-order valence-corrected chi connectivity index (χ3v) is 3.01. The molecule has 0 unspecified atom stereocenters. The lowest BCUT2D eigenvalue weighted by atomic mass is 10.4. The molecular formula is C10H14BrNOS. The molecule has 1 rings (SSSR count). The lowest BCUT2D eigenvalue weighted by Crippen LogP contribution is -2.09. The lowest BCUT2D eigenvalue weighted by molar-refractivity contribution is 0.158. The smallest absolute Gasteiger partial charge is 0.0589 e. The van der Waals surface area contributed by atoms with Crippen molar-refractivity contribution in [1.82, 2.24) is 0 Å². The molecule has 0 atom stereocenters. The molecule has 0 heterocycles. The molecule has 0 saturated heterocycles. The summed E-state index contributed by atoms with van der Waals surface area (Å²) < 4.78 is 6.39.